The molecule has 2 aromatic heterocycles. The van der Waals surface area contributed by atoms with Crippen molar-refractivity contribution in [2.24, 2.45) is 5.92 Å². The smallest absolute Gasteiger partial charge is 0.288 e. The maximum absolute atomic E-state index is 14.3. The highest BCUT2D eigenvalue weighted by Gasteiger charge is 2.32. The van der Waals surface area contributed by atoms with Crippen molar-refractivity contribution < 1.29 is 22.3 Å². The Hall–Kier alpha value is -3.31. The van der Waals surface area contributed by atoms with Crippen molar-refractivity contribution >= 4 is 27.1 Å². The zero-order chi connectivity index (χ0) is 24.5. The Morgan fingerprint density at radius 2 is 2.09 bits per heavy atom. The number of halogens is 1. The molecule has 3 heterocycles. The molecule has 1 aliphatic heterocycles. The number of nitrogens with one attached hydrogen (secondary N) is 2. The number of hydrogen-bond donors (Lipinski definition) is 2. The number of carbonyl (C=O) groups is 1. The molecule has 0 bridgehead atoms. The van der Waals surface area contributed by atoms with Gasteiger partial charge in [-0.2, -0.15) is 0 Å². The van der Waals surface area contributed by atoms with Gasteiger partial charge in [-0.3, -0.25) is 9.20 Å². The molecule has 2 N–H and O–H groups in total. The number of aromatic nitrogens is 3. The van der Waals surface area contributed by atoms with E-state index in [4.69, 9.17) is 4.74 Å². The minimum Gasteiger partial charge on any atom is -0.381 e. The summed E-state index contributed by atoms with van der Waals surface area (Å²) in [5.74, 6) is -0.520. The third-order valence-electron chi connectivity index (χ3n) is 5.69. The van der Waals surface area contributed by atoms with E-state index in [0.717, 1.165) is 17.2 Å². The standard InChI is InChI=1S/C23H26FN5O4S/c1-14(7-10-34(3,31)32)27-23(30)22-26-11-19(21-25-8-9-29(21)22)28-20(16-12-33-13-16)17-5-4-6-18(24)15(17)2/h4-11,14,16,20,28H,12-13H2,1-3H3,(H,27,30)/b10-7+/t14-,20+/m1/s1. The lowest BCUT2D eigenvalue weighted by atomic mass is 9.88. The van der Waals surface area contributed by atoms with Crippen LogP contribution in [0.1, 0.15) is 34.7 Å². The second-order valence-corrected chi connectivity index (χ2v) is 10.3. The van der Waals surface area contributed by atoms with Gasteiger partial charge in [-0.05, 0) is 31.0 Å². The van der Waals surface area contributed by atoms with Gasteiger partial charge < -0.3 is 15.4 Å². The van der Waals surface area contributed by atoms with Crippen molar-refractivity contribution in [3.63, 3.8) is 0 Å². The first kappa shape index (κ1) is 23.8. The van der Waals surface area contributed by atoms with E-state index in [1.807, 2.05) is 6.07 Å². The van der Waals surface area contributed by atoms with Gasteiger partial charge in [0.1, 0.15) is 5.82 Å². The molecule has 180 valence electrons. The van der Waals surface area contributed by atoms with Crippen molar-refractivity contribution in [2.75, 3.05) is 24.8 Å². The molecule has 1 fully saturated rings. The van der Waals surface area contributed by atoms with E-state index in [0.29, 0.717) is 30.1 Å². The van der Waals surface area contributed by atoms with Crippen LogP contribution in [0.25, 0.3) is 5.65 Å². The van der Waals surface area contributed by atoms with Crippen LogP contribution in [-0.4, -0.2) is 54.2 Å². The largest absolute Gasteiger partial charge is 0.381 e. The van der Waals surface area contributed by atoms with E-state index in [1.54, 1.807) is 36.7 Å². The molecule has 1 saturated heterocycles. The van der Waals surface area contributed by atoms with E-state index in [1.165, 1.54) is 18.3 Å². The third-order valence-corrected chi connectivity index (χ3v) is 6.34. The summed E-state index contributed by atoms with van der Waals surface area (Å²) in [6, 6.07) is 4.24. The average molecular weight is 488 g/mol. The number of rotatable bonds is 8. The van der Waals surface area contributed by atoms with Crippen LogP contribution in [0.5, 0.6) is 0 Å². The average Bonchev–Trinajstić information content (AvgIpc) is 3.22. The van der Waals surface area contributed by atoms with Crippen LogP contribution < -0.4 is 10.6 Å². The number of imidazole rings is 1. The molecule has 1 amide bonds. The van der Waals surface area contributed by atoms with Crippen molar-refractivity contribution in [1.29, 1.82) is 0 Å². The molecule has 0 spiro atoms. The fraction of sp³-hybridized carbons (Fsp3) is 0.348. The van der Waals surface area contributed by atoms with Gasteiger partial charge in [0, 0.05) is 36.0 Å². The predicted molar refractivity (Wildman–Crippen MR) is 126 cm³/mol. The summed E-state index contributed by atoms with van der Waals surface area (Å²) in [5.41, 5.74) is 2.46. The molecule has 4 rings (SSSR count). The van der Waals surface area contributed by atoms with Crippen LogP contribution in [-0.2, 0) is 14.6 Å². The molecule has 3 aromatic rings. The molecule has 0 radical (unpaired) electrons. The van der Waals surface area contributed by atoms with Gasteiger partial charge in [0.15, 0.2) is 15.5 Å². The van der Waals surface area contributed by atoms with Crippen molar-refractivity contribution in [2.45, 2.75) is 25.9 Å². The Balaban J connectivity index is 1.62. The van der Waals surface area contributed by atoms with Crippen LogP contribution in [0.4, 0.5) is 10.1 Å². The fourth-order valence-electron chi connectivity index (χ4n) is 3.79. The molecule has 9 nitrogen and oxygen atoms in total. The summed E-state index contributed by atoms with van der Waals surface area (Å²) in [5, 5.41) is 7.19. The number of fused-ring (bicyclic) bond motifs is 1. The molecule has 34 heavy (non-hydrogen) atoms. The lowest BCUT2D eigenvalue weighted by Gasteiger charge is -2.36. The van der Waals surface area contributed by atoms with Crippen molar-refractivity contribution in [3.8, 4) is 0 Å². The minimum absolute atomic E-state index is 0.100. The fourth-order valence-corrected chi connectivity index (χ4v) is 4.31. The summed E-state index contributed by atoms with van der Waals surface area (Å²) in [4.78, 5) is 21.5. The molecule has 0 unspecified atom stereocenters. The van der Waals surface area contributed by atoms with E-state index < -0.39 is 21.8 Å². The number of carbonyl (C=O) groups excluding carboxylic acids is 1. The number of anilines is 1. The van der Waals surface area contributed by atoms with Gasteiger partial charge in [0.25, 0.3) is 5.91 Å². The van der Waals surface area contributed by atoms with Crippen LogP contribution in [0.3, 0.4) is 0 Å². The maximum Gasteiger partial charge on any atom is 0.288 e. The summed E-state index contributed by atoms with van der Waals surface area (Å²) >= 11 is 0. The first-order chi connectivity index (χ1) is 16.1. The Labute approximate surface area is 197 Å². The topological polar surface area (TPSA) is 115 Å². The Morgan fingerprint density at radius 3 is 2.76 bits per heavy atom. The van der Waals surface area contributed by atoms with Crippen LogP contribution in [0.15, 0.2) is 48.3 Å². The molecule has 2 atom stereocenters. The normalized spacial score (nSPS) is 16.4. The molecule has 0 aliphatic carbocycles. The van der Waals surface area contributed by atoms with Gasteiger partial charge >= 0.3 is 0 Å². The highest BCUT2D eigenvalue weighted by molar-refractivity contribution is 7.93. The number of amides is 1. The van der Waals surface area contributed by atoms with E-state index in [-0.39, 0.29) is 23.6 Å². The van der Waals surface area contributed by atoms with Gasteiger partial charge in [-0.25, -0.2) is 22.8 Å². The maximum atomic E-state index is 14.3. The van der Waals surface area contributed by atoms with E-state index >= 15 is 0 Å². The quantitative estimate of drug-likeness (QED) is 0.502. The SMILES string of the molecule is Cc1c(F)cccc1[C@@H](Nc1cnc(C(=O)N[C@H](C)/C=C/S(C)(=O)=O)n2ccnc12)C1COC1. The van der Waals surface area contributed by atoms with Gasteiger partial charge in [-0.15, -0.1) is 0 Å². The second-order valence-electron chi connectivity index (χ2n) is 8.41. The number of benzene rings is 1. The van der Waals surface area contributed by atoms with Gasteiger partial charge in [-0.1, -0.05) is 18.2 Å². The zero-order valence-electron chi connectivity index (χ0n) is 19.0. The highest BCUT2D eigenvalue weighted by Crippen LogP contribution is 2.34. The lowest BCUT2D eigenvalue weighted by molar-refractivity contribution is -0.0410. The summed E-state index contributed by atoms with van der Waals surface area (Å²) < 4.78 is 43.8. The molecular weight excluding hydrogens is 461 g/mol. The predicted octanol–water partition coefficient (Wildman–Crippen LogP) is 2.65. The lowest BCUT2D eigenvalue weighted by Crippen LogP contribution is -2.37. The molecule has 11 heteroatoms. The number of sulfone groups is 1. The van der Waals surface area contributed by atoms with Gasteiger partial charge in [0.2, 0.25) is 5.82 Å². The second kappa shape index (κ2) is 9.51. The molecule has 1 aliphatic rings. The number of ether oxygens (including phenoxy) is 1. The van der Waals surface area contributed by atoms with Crippen LogP contribution in [0.2, 0.25) is 0 Å². The Morgan fingerprint density at radius 1 is 1.32 bits per heavy atom. The minimum atomic E-state index is -3.30. The number of hydrogen-bond acceptors (Lipinski definition) is 7. The van der Waals surface area contributed by atoms with E-state index in [9.17, 15) is 17.6 Å². The summed E-state index contributed by atoms with van der Waals surface area (Å²) in [6.45, 7) is 4.50. The summed E-state index contributed by atoms with van der Waals surface area (Å²) in [6.07, 6.45) is 7.17. The van der Waals surface area contributed by atoms with Crippen LogP contribution in [0, 0.1) is 18.7 Å². The molecule has 1 aromatic carbocycles. The first-order valence-electron chi connectivity index (χ1n) is 10.7. The highest BCUT2D eigenvalue weighted by atomic mass is 32.2. The van der Waals surface area contributed by atoms with E-state index in [2.05, 4.69) is 20.6 Å². The molecule has 0 saturated carbocycles. The number of nitrogens with zero attached hydrogens (tertiary/aromatic N) is 3. The van der Waals surface area contributed by atoms with Crippen molar-refractivity contribution in [3.05, 3.63) is 71.0 Å². The first-order valence-corrected chi connectivity index (χ1v) is 12.7. The summed E-state index contributed by atoms with van der Waals surface area (Å²) in [7, 11) is -3.30. The zero-order valence-corrected chi connectivity index (χ0v) is 19.8. The Bertz CT molecular complexity index is 1350. The van der Waals surface area contributed by atoms with Gasteiger partial charge in [0.05, 0.1) is 31.1 Å². The Kier molecular flexibility index (Phi) is 6.67. The van der Waals surface area contributed by atoms with Crippen LogP contribution >= 0.6 is 0 Å². The molecular formula is C23H26FN5O4S. The van der Waals surface area contributed by atoms with Crippen molar-refractivity contribution in [1.82, 2.24) is 19.7 Å². The monoisotopic (exact) mass is 487 g/mol. The third kappa shape index (κ3) is 5.10.